The molecule has 0 spiro atoms. The first-order valence-electron chi connectivity index (χ1n) is 4.66. The second kappa shape index (κ2) is 12.7. The Labute approximate surface area is 74.4 Å². The summed E-state index contributed by atoms with van der Waals surface area (Å²) in [5.41, 5.74) is 0. The Kier molecular flexibility index (Phi) is 19.8. The van der Waals surface area contributed by atoms with Crippen molar-refractivity contribution in [2.75, 3.05) is 0 Å². The molecule has 0 nitrogen and oxygen atoms in total. The fourth-order valence-electron chi connectivity index (χ4n) is 0.971. The highest BCUT2D eigenvalue weighted by Crippen LogP contribution is 2.12. The van der Waals surface area contributed by atoms with Gasteiger partial charge in [0.1, 0.15) is 0 Å². The fraction of sp³-hybridized carbons (Fsp3) is 1.00. The maximum atomic E-state index is 2.32. The van der Waals surface area contributed by atoms with Gasteiger partial charge in [0.25, 0.3) is 0 Å². The highest BCUT2D eigenvalue weighted by molar-refractivity contribution is 4.52. The van der Waals surface area contributed by atoms with Crippen LogP contribution in [0.5, 0.6) is 0 Å². The fourth-order valence-corrected chi connectivity index (χ4v) is 0.971. The third-order valence-electron chi connectivity index (χ3n) is 1.57. The molecule has 1 atom stereocenters. The Morgan fingerprint density at radius 1 is 1.00 bits per heavy atom. The molecule has 11 heavy (non-hydrogen) atoms. The number of rotatable bonds is 3. The van der Waals surface area contributed by atoms with Crippen molar-refractivity contribution < 1.29 is 0 Å². The molecule has 0 aliphatic carbocycles. The van der Waals surface area contributed by atoms with E-state index >= 15 is 0 Å². The molecule has 0 radical (unpaired) electrons. The van der Waals surface area contributed by atoms with Crippen LogP contribution in [0.1, 0.15) is 61.8 Å². The Balaban J connectivity index is -0.000000196. The zero-order valence-electron chi connectivity index (χ0n) is 8.57. The predicted molar refractivity (Wildman–Crippen MR) is 57.0 cm³/mol. The van der Waals surface area contributed by atoms with Gasteiger partial charge in [-0.05, 0) is 18.3 Å². The van der Waals surface area contributed by atoms with Crippen LogP contribution >= 0.6 is 0 Å². The van der Waals surface area contributed by atoms with Crippen molar-refractivity contribution in [3.63, 3.8) is 0 Å². The minimum atomic E-state index is 0. The van der Waals surface area contributed by atoms with Crippen molar-refractivity contribution in [2.45, 2.75) is 61.8 Å². The first-order chi connectivity index (χ1) is 4.66. The monoisotopic (exact) mass is 160 g/mol. The normalized spacial score (nSPS) is 11.2. The van der Waals surface area contributed by atoms with Gasteiger partial charge in [0.2, 0.25) is 0 Å². The van der Waals surface area contributed by atoms with Crippen LogP contribution in [-0.2, 0) is 0 Å². The van der Waals surface area contributed by atoms with E-state index in [-0.39, 0.29) is 7.43 Å². The van der Waals surface area contributed by atoms with E-state index < -0.39 is 0 Å². The largest absolute Gasteiger partial charge is 0.0776 e. The van der Waals surface area contributed by atoms with Crippen LogP contribution < -0.4 is 0 Å². The molecule has 0 aromatic carbocycles. The summed E-state index contributed by atoms with van der Waals surface area (Å²) in [6.07, 6.45) is 2.72. The van der Waals surface area contributed by atoms with Gasteiger partial charge in [0, 0.05) is 0 Å². The van der Waals surface area contributed by atoms with Crippen LogP contribution in [0, 0.1) is 11.8 Å². The lowest BCUT2D eigenvalue weighted by atomic mass is 9.97. The molecule has 0 saturated carbocycles. The standard InChI is InChI=1S/C8H18.C2H6.CH4/c1-5-8(4)6-7(2)3;1-2;/h7-8H,5-6H2,1-4H3;1-2H3;1H4. The van der Waals surface area contributed by atoms with Crippen LogP contribution in [0.3, 0.4) is 0 Å². The van der Waals surface area contributed by atoms with Gasteiger partial charge >= 0.3 is 0 Å². The van der Waals surface area contributed by atoms with Gasteiger partial charge in [-0.15, -0.1) is 0 Å². The average Bonchev–Trinajstić information content (AvgIpc) is 1.91. The topological polar surface area (TPSA) is 0 Å². The summed E-state index contributed by atoms with van der Waals surface area (Å²) in [6, 6.07) is 0. The molecule has 0 fully saturated rings. The van der Waals surface area contributed by atoms with Crippen LogP contribution in [0.25, 0.3) is 0 Å². The summed E-state index contributed by atoms with van der Waals surface area (Å²) in [7, 11) is 0. The molecular weight excluding hydrogens is 132 g/mol. The molecule has 0 saturated heterocycles. The van der Waals surface area contributed by atoms with Crippen molar-refractivity contribution in [1.29, 1.82) is 0 Å². The van der Waals surface area contributed by atoms with Crippen molar-refractivity contribution in [2.24, 2.45) is 11.8 Å². The highest BCUT2D eigenvalue weighted by atomic mass is 14.1. The van der Waals surface area contributed by atoms with Crippen molar-refractivity contribution in [3.05, 3.63) is 0 Å². The number of hydrogen-bond donors (Lipinski definition) is 0. The van der Waals surface area contributed by atoms with Crippen LogP contribution in [-0.4, -0.2) is 0 Å². The van der Waals surface area contributed by atoms with E-state index in [9.17, 15) is 0 Å². The highest BCUT2D eigenvalue weighted by Gasteiger charge is 2.00. The van der Waals surface area contributed by atoms with Crippen LogP contribution in [0.4, 0.5) is 0 Å². The quantitative estimate of drug-likeness (QED) is 0.559. The van der Waals surface area contributed by atoms with E-state index in [2.05, 4.69) is 27.7 Å². The molecule has 0 aromatic heterocycles. The molecule has 0 aromatic rings. The molecular formula is C11H28. The van der Waals surface area contributed by atoms with E-state index in [1.54, 1.807) is 0 Å². The van der Waals surface area contributed by atoms with Gasteiger partial charge in [0.05, 0.1) is 0 Å². The summed E-state index contributed by atoms with van der Waals surface area (Å²) < 4.78 is 0. The molecule has 0 rings (SSSR count). The molecule has 0 heteroatoms. The Morgan fingerprint density at radius 3 is 1.45 bits per heavy atom. The maximum absolute atomic E-state index is 2.32. The SMILES string of the molecule is C.CC.CCC(C)CC(C)C. The summed E-state index contributed by atoms with van der Waals surface area (Å²) in [5, 5.41) is 0. The number of hydrogen-bond acceptors (Lipinski definition) is 0. The Bertz CT molecular complexity index is 46.0. The van der Waals surface area contributed by atoms with E-state index in [0.717, 1.165) is 11.8 Å². The predicted octanol–water partition coefficient (Wildman–Crippen LogP) is 4.74. The molecule has 0 heterocycles. The summed E-state index contributed by atoms with van der Waals surface area (Å²) >= 11 is 0. The average molecular weight is 160 g/mol. The van der Waals surface area contributed by atoms with Gasteiger partial charge in [-0.3, -0.25) is 0 Å². The molecule has 0 aliphatic rings. The zero-order valence-corrected chi connectivity index (χ0v) is 8.57. The van der Waals surface area contributed by atoms with Gasteiger partial charge < -0.3 is 0 Å². The first-order valence-corrected chi connectivity index (χ1v) is 4.66. The lowest BCUT2D eigenvalue weighted by molar-refractivity contribution is 0.429. The van der Waals surface area contributed by atoms with Crippen LogP contribution in [0.2, 0.25) is 0 Å². The van der Waals surface area contributed by atoms with Crippen molar-refractivity contribution in [1.82, 2.24) is 0 Å². The van der Waals surface area contributed by atoms with Gasteiger partial charge in [0.15, 0.2) is 0 Å². The van der Waals surface area contributed by atoms with E-state index in [1.807, 2.05) is 13.8 Å². The minimum Gasteiger partial charge on any atom is -0.0776 e. The van der Waals surface area contributed by atoms with Crippen molar-refractivity contribution >= 4 is 0 Å². The molecule has 0 bridgehead atoms. The second-order valence-corrected chi connectivity index (χ2v) is 3.14. The minimum absolute atomic E-state index is 0. The third-order valence-corrected chi connectivity index (χ3v) is 1.57. The summed E-state index contributed by atoms with van der Waals surface area (Å²) in [5.74, 6) is 1.81. The summed E-state index contributed by atoms with van der Waals surface area (Å²) in [4.78, 5) is 0. The first kappa shape index (κ1) is 17.2. The smallest absolute Gasteiger partial charge is 0.0443 e. The third kappa shape index (κ3) is 17.8. The van der Waals surface area contributed by atoms with Gasteiger partial charge in [-0.2, -0.15) is 0 Å². The van der Waals surface area contributed by atoms with Gasteiger partial charge in [-0.1, -0.05) is 55.4 Å². The second-order valence-electron chi connectivity index (χ2n) is 3.14. The summed E-state index contributed by atoms with van der Waals surface area (Å²) in [6.45, 7) is 13.1. The van der Waals surface area contributed by atoms with Gasteiger partial charge in [-0.25, -0.2) is 0 Å². The maximum Gasteiger partial charge on any atom is -0.0443 e. The molecule has 0 amide bonds. The zero-order chi connectivity index (χ0) is 8.57. The molecule has 0 aliphatic heterocycles. The van der Waals surface area contributed by atoms with Crippen LogP contribution in [0.15, 0.2) is 0 Å². The lowest BCUT2D eigenvalue weighted by Gasteiger charge is -2.09. The van der Waals surface area contributed by atoms with E-state index in [0.29, 0.717) is 0 Å². The van der Waals surface area contributed by atoms with E-state index in [4.69, 9.17) is 0 Å². The lowest BCUT2D eigenvalue weighted by Crippen LogP contribution is -1.97. The van der Waals surface area contributed by atoms with E-state index in [1.165, 1.54) is 12.8 Å². The Morgan fingerprint density at radius 2 is 1.36 bits per heavy atom. The molecule has 72 valence electrons. The molecule has 0 N–H and O–H groups in total. The Hall–Kier alpha value is 0. The van der Waals surface area contributed by atoms with Crippen molar-refractivity contribution in [3.8, 4) is 0 Å². The molecule has 1 unspecified atom stereocenters.